The maximum atomic E-state index is 5.95. The standard InChI is InChI=1S/C11H7ClIN5/c12-9-5-10(18-11(17-9)14-6-15-18)16-8-4-2-1-3-7(8)13/h1-6,16H. The van der Waals surface area contributed by atoms with Gasteiger partial charge in [0, 0.05) is 9.64 Å². The number of hydrogen-bond donors (Lipinski definition) is 1. The molecule has 3 aromatic rings. The summed E-state index contributed by atoms with van der Waals surface area (Å²) in [6, 6.07) is 9.67. The summed E-state index contributed by atoms with van der Waals surface area (Å²) in [5.41, 5.74) is 0.983. The molecular formula is C11H7ClIN5. The highest BCUT2D eigenvalue weighted by molar-refractivity contribution is 14.1. The molecule has 0 saturated heterocycles. The minimum atomic E-state index is 0.379. The molecule has 18 heavy (non-hydrogen) atoms. The molecule has 0 saturated carbocycles. The highest BCUT2D eigenvalue weighted by Gasteiger charge is 2.07. The van der Waals surface area contributed by atoms with Gasteiger partial charge in [-0.25, -0.2) is 0 Å². The number of rotatable bonds is 2. The molecule has 7 heteroatoms. The lowest BCUT2D eigenvalue weighted by molar-refractivity contribution is 0.947. The molecule has 0 fully saturated rings. The van der Waals surface area contributed by atoms with Crippen molar-refractivity contribution in [2.75, 3.05) is 5.32 Å². The van der Waals surface area contributed by atoms with Gasteiger partial charge >= 0.3 is 0 Å². The summed E-state index contributed by atoms with van der Waals surface area (Å²) in [5.74, 6) is 1.20. The van der Waals surface area contributed by atoms with Gasteiger partial charge in [-0.05, 0) is 34.7 Å². The van der Waals surface area contributed by atoms with Gasteiger partial charge in [0.1, 0.15) is 17.3 Å². The first-order chi connectivity index (χ1) is 8.74. The fourth-order valence-corrected chi connectivity index (χ4v) is 2.27. The number of fused-ring (bicyclic) bond motifs is 1. The molecule has 0 aliphatic rings. The summed E-state index contributed by atoms with van der Waals surface area (Å²) in [4.78, 5) is 8.09. The average Bonchev–Trinajstić information content (AvgIpc) is 2.80. The maximum Gasteiger partial charge on any atom is 0.255 e. The Labute approximate surface area is 121 Å². The predicted molar refractivity (Wildman–Crippen MR) is 78.2 cm³/mol. The first-order valence-corrected chi connectivity index (χ1v) is 6.57. The van der Waals surface area contributed by atoms with Gasteiger partial charge in [-0.1, -0.05) is 23.7 Å². The number of nitrogens with one attached hydrogen (secondary N) is 1. The van der Waals surface area contributed by atoms with Crippen molar-refractivity contribution < 1.29 is 0 Å². The summed E-state index contributed by atoms with van der Waals surface area (Å²) >= 11 is 8.21. The normalized spacial score (nSPS) is 10.8. The third-order valence-corrected chi connectivity index (χ3v) is 3.49. The van der Waals surface area contributed by atoms with E-state index in [4.69, 9.17) is 11.6 Å². The summed E-state index contributed by atoms with van der Waals surface area (Å²) in [7, 11) is 0. The van der Waals surface area contributed by atoms with Crippen LogP contribution in [0.1, 0.15) is 0 Å². The van der Waals surface area contributed by atoms with Gasteiger partial charge in [-0.3, -0.25) is 0 Å². The first-order valence-electron chi connectivity index (χ1n) is 5.12. The largest absolute Gasteiger partial charge is 0.339 e. The fraction of sp³-hybridized carbons (Fsp3) is 0. The Morgan fingerprint density at radius 3 is 2.94 bits per heavy atom. The molecule has 0 atom stereocenters. The van der Waals surface area contributed by atoms with Crippen molar-refractivity contribution in [3.8, 4) is 0 Å². The lowest BCUT2D eigenvalue weighted by Crippen LogP contribution is -2.02. The minimum Gasteiger partial charge on any atom is -0.339 e. The van der Waals surface area contributed by atoms with E-state index in [-0.39, 0.29) is 0 Å². The number of nitrogens with zero attached hydrogens (tertiary/aromatic N) is 4. The van der Waals surface area contributed by atoms with E-state index in [1.54, 1.807) is 10.6 Å². The van der Waals surface area contributed by atoms with E-state index in [2.05, 4.69) is 43.0 Å². The summed E-state index contributed by atoms with van der Waals surface area (Å²) in [5, 5.41) is 7.75. The van der Waals surface area contributed by atoms with Crippen LogP contribution >= 0.6 is 34.2 Å². The van der Waals surface area contributed by atoms with Gasteiger partial charge in [0.2, 0.25) is 0 Å². The van der Waals surface area contributed by atoms with Crippen LogP contribution < -0.4 is 5.32 Å². The van der Waals surface area contributed by atoms with E-state index >= 15 is 0 Å². The zero-order valence-electron chi connectivity index (χ0n) is 9.01. The molecule has 0 amide bonds. The van der Waals surface area contributed by atoms with Crippen LogP contribution in [0.3, 0.4) is 0 Å². The number of halogens is 2. The topological polar surface area (TPSA) is 55.1 Å². The monoisotopic (exact) mass is 371 g/mol. The van der Waals surface area contributed by atoms with Crippen molar-refractivity contribution >= 4 is 51.5 Å². The second kappa shape index (κ2) is 4.69. The van der Waals surface area contributed by atoms with Crippen molar-refractivity contribution in [3.05, 3.63) is 45.4 Å². The van der Waals surface area contributed by atoms with Crippen LogP contribution in [0.2, 0.25) is 5.15 Å². The quantitative estimate of drug-likeness (QED) is 0.555. The zero-order chi connectivity index (χ0) is 12.5. The number of para-hydroxylation sites is 1. The molecule has 1 N–H and O–H groups in total. The Balaban J connectivity index is 2.10. The Morgan fingerprint density at radius 1 is 1.28 bits per heavy atom. The van der Waals surface area contributed by atoms with Crippen LogP contribution in [0.5, 0.6) is 0 Å². The second-order valence-corrected chi connectivity index (χ2v) is 5.09. The van der Waals surface area contributed by atoms with Crippen LogP contribution in [0.4, 0.5) is 11.5 Å². The molecule has 2 heterocycles. The van der Waals surface area contributed by atoms with Gasteiger partial charge in [0.25, 0.3) is 5.78 Å². The van der Waals surface area contributed by atoms with Gasteiger partial charge in [-0.15, -0.1) is 0 Å². The van der Waals surface area contributed by atoms with E-state index < -0.39 is 0 Å². The zero-order valence-corrected chi connectivity index (χ0v) is 11.9. The smallest absolute Gasteiger partial charge is 0.255 e. The lowest BCUT2D eigenvalue weighted by atomic mass is 10.3. The predicted octanol–water partition coefficient (Wildman–Crippen LogP) is 3.13. The summed E-state index contributed by atoms with van der Waals surface area (Å²) < 4.78 is 2.71. The fourth-order valence-electron chi connectivity index (χ4n) is 1.57. The van der Waals surface area contributed by atoms with E-state index in [9.17, 15) is 0 Å². The van der Waals surface area contributed by atoms with Crippen LogP contribution in [-0.2, 0) is 0 Å². The van der Waals surface area contributed by atoms with Crippen molar-refractivity contribution in [1.29, 1.82) is 0 Å². The molecule has 0 spiro atoms. The number of aromatic nitrogens is 4. The molecular weight excluding hydrogens is 365 g/mol. The molecule has 90 valence electrons. The molecule has 3 rings (SSSR count). The Bertz CT molecular complexity index is 711. The summed E-state index contributed by atoms with van der Waals surface area (Å²) in [6.07, 6.45) is 1.44. The van der Waals surface area contributed by atoms with Crippen LogP contribution in [-0.4, -0.2) is 19.6 Å². The second-order valence-electron chi connectivity index (χ2n) is 3.54. The molecule has 2 aromatic heterocycles. The first kappa shape index (κ1) is 11.7. The van der Waals surface area contributed by atoms with Crippen molar-refractivity contribution in [2.45, 2.75) is 0 Å². The minimum absolute atomic E-state index is 0.379. The number of hydrogen-bond acceptors (Lipinski definition) is 4. The lowest BCUT2D eigenvalue weighted by Gasteiger charge is -2.09. The van der Waals surface area contributed by atoms with Crippen molar-refractivity contribution in [3.63, 3.8) is 0 Å². The Hall–Kier alpha value is -1.41. The van der Waals surface area contributed by atoms with E-state index in [1.165, 1.54) is 6.33 Å². The highest BCUT2D eigenvalue weighted by atomic mass is 127. The molecule has 1 aromatic carbocycles. The average molecular weight is 372 g/mol. The van der Waals surface area contributed by atoms with E-state index in [0.717, 1.165) is 15.1 Å². The van der Waals surface area contributed by atoms with E-state index in [1.807, 2.05) is 24.3 Å². The van der Waals surface area contributed by atoms with Crippen LogP contribution in [0.15, 0.2) is 36.7 Å². The van der Waals surface area contributed by atoms with Crippen molar-refractivity contribution in [2.24, 2.45) is 0 Å². The number of anilines is 2. The third-order valence-electron chi connectivity index (χ3n) is 2.36. The van der Waals surface area contributed by atoms with Crippen LogP contribution in [0.25, 0.3) is 5.78 Å². The Kier molecular flexibility index (Phi) is 3.04. The highest BCUT2D eigenvalue weighted by Crippen LogP contribution is 2.23. The van der Waals surface area contributed by atoms with Gasteiger partial charge in [0.15, 0.2) is 0 Å². The molecule has 5 nitrogen and oxygen atoms in total. The Morgan fingerprint density at radius 2 is 2.11 bits per heavy atom. The van der Waals surface area contributed by atoms with Gasteiger partial charge in [-0.2, -0.15) is 19.6 Å². The van der Waals surface area contributed by atoms with E-state index in [0.29, 0.717) is 10.9 Å². The maximum absolute atomic E-state index is 5.95. The summed E-state index contributed by atoms with van der Waals surface area (Å²) in [6.45, 7) is 0. The van der Waals surface area contributed by atoms with Gasteiger partial charge in [0.05, 0.1) is 5.69 Å². The molecule has 0 bridgehead atoms. The third kappa shape index (κ3) is 2.13. The molecule has 0 unspecified atom stereocenters. The van der Waals surface area contributed by atoms with Crippen molar-refractivity contribution in [1.82, 2.24) is 19.6 Å². The van der Waals surface area contributed by atoms with Gasteiger partial charge < -0.3 is 5.32 Å². The molecule has 0 aliphatic carbocycles. The molecule has 0 radical (unpaired) electrons. The SMILES string of the molecule is Clc1cc(Nc2ccccc2I)n2ncnc2n1. The molecule has 0 aliphatic heterocycles. The number of benzene rings is 1. The van der Waals surface area contributed by atoms with Crippen LogP contribution in [0, 0.1) is 3.57 Å².